The van der Waals surface area contributed by atoms with Crippen LogP contribution in [0.1, 0.15) is 33.8 Å². The van der Waals surface area contributed by atoms with Gasteiger partial charge in [-0.05, 0) is 30.0 Å². The van der Waals surface area contributed by atoms with Crippen LogP contribution in [-0.2, 0) is 4.79 Å². The van der Waals surface area contributed by atoms with Crippen molar-refractivity contribution < 1.29 is 14.7 Å². The van der Waals surface area contributed by atoms with Gasteiger partial charge in [-0.3, -0.25) is 4.79 Å². The minimum Gasteiger partial charge on any atom is -0.548 e. The molecule has 0 aromatic heterocycles. The van der Waals surface area contributed by atoms with Crippen molar-refractivity contribution in [3.63, 3.8) is 0 Å². The molecule has 4 nitrogen and oxygen atoms in total. The predicted molar refractivity (Wildman–Crippen MR) is 93.7 cm³/mol. The molecular weight excluding hydrogens is 338 g/mol. The van der Waals surface area contributed by atoms with Crippen molar-refractivity contribution in [1.29, 1.82) is 0 Å². The van der Waals surface area contributed by atoms with Crippen molar-refractivity contribution >= 4 is 29.0 Å². The van der Waals surface area contributed by atoms with Gasteiger partial charge in [-0.2, -0.15) is 0 Å². The second-order valence-electron chi connectivity index (χ2n) is 6.41. The van der Waals surface area contributed by atoms with Crippen LogP contribution in [0.25, 0.3) is 0 Å². The molecular formula is C20H15ClNO3-. The van der Waals surface area contributed by atoms with E-state index in [9.17, 15) is 14.7 Å². The number of carbonyl (C=O) groups is 2. The molecule has 25 heavy (non-hydrogen) atoms. The number of benzene rings is 2. The zero-order valence-corrected chi connectivity index (χ0v) is 14.0. The SMILES string of the molecule is O=C(c1ccccc1)c1cc(Cl)cc2c1N[C@@H](C(=O)[O-])[C@H]1CC=C[C@H]21. The summed E-state index contributed by atoms with van der Waals surface area (Å²) in [6.45, 7) is 0. The predicted octanol–water partition coefficient (Wildman–Crippen LogP) is 2.77. The number of carboxylic acids is 1. The molecule has 0 spiro atoms. The number of ketones is 1. The Kier molecular flexibility index (Phi) is 3.85. The number of halogens is 1. The fourth-order valence-electron chi connectivity index (χ4n) is 3.82. The minimum atomic E-state index is -1.16. The molecule has 3 atom stereocenters. The van der Waals surface area contributed by atoms with E-state index >= 15 is 0 Å². The lowest BCUT2D eigenvalue weighted by Gasteiger charge is -2.38. The van der Waals surface area contributed by atoms with Crippen molar-refractivity contribution in [2.75, 3.05) is 5.32 Å². The molecule has 4 rings (SSSR count). The Balaban J connectivity index is 1.87. The van der Waals surface area contributed by atoms with Crippen LogP contribution in [0.5, 0.6) is 0 Å². The molecule has 0 saturated carbocycles. The molecule has 1 aliphatic carbocycles. The number of carbonyl (C=O) groups excluding carboxylic acids is 2. The molecule has 2 aromatic rings. The van der Waals surface area contributed by atoms with Crippen LogP contribution in [0.2, 0.25) is 5.02 Å². The Bertz CT molecular complexity index is 891. The van der Waals surface area contributed by atoms with Crippen LogP contribution in [0, 0.1) is 5.92 Å². The minimum absolute atomic E-state index is 0.0832. The third-order valence-electron chi connectivity index (χ3n) is 4.97. The van der Waals surface area contributed by atoms with E-state index in [1.54, 1.807) is 30.3 Å². The Labute approximate surface area is 150 Å². The average molecular weight is 353 g/mol. The highest BCUT2D eigenvalue weighted by atomic mass is 35.5. The summed E-state index contributed by atoms with van der Waals surface area (Å²) < 4.78 is 0. The van der Waals surface area contributed by atoms with E-state index < -0.39 is 12.0 Å². The number of carboxylic acid groups (broad SMARTS) is 1. The maximum Gasteiger partial charge on any atom is 0.195 e. The maximum absolute atomic E-state index is 13.0. The van der Waals surface area contributed by atoms with Gasteiger partial charge < -0.3 is 15.2 Å². The molecule has 2 aliphatic rings. The summed E-state index contributed by atoms with van der Waals surface area (Å²) >= 11 is 6.27. The fraction of sp³-hybridized carbons (Fsp3) is 0.200. The van der Waals surface area contributed by atoms with Crippen molar-refractivity contribution in [3.8, 4) is 0 Å². The Hall–Kier alpha value is -2.59. The van der Waals surface area contributed by atoms with E-state index in [4.69, 9.17) is 11.6 Å². The van der Waals surface area contributed by atoms with Crippen molar-refractivity contribution in [2.45, 2.75) is 18.4 Å². The number of rotatable bonds is 3. The van der Waals surface area contributed by atoms with Crippen LogP contribution < -0.4 is 10.4 Å². The molecule has 0 unspecified atom stereocenters. The molecule has 126 valence electrons. The van der Waals surface area contributed by atoms with Gasteiger partial charge in [-0.1, -0.05) is 54.1 Å². The van der Waals surface area contributed by atoms with Crippen LogP contribution in [0.15, 0.2) is 54.6 Å². The first kappa shape index (κ1) is 15.9. The van der Waals surface area contributed by atoms with Gasteiger partial charge in [0.15, 0.2) is 5.78 Å². The third kappa shape index (κ3) is 2.63. The van der Waals surface area contributed by atoms with Gasteiger partial charge in [-0.15, -0.1) is 0 Å². The van der Waals surface area contributed by atoms with E-state index in [-0.39, 0.29) is 17.6 Å². The summed E-state index contributed by atoms with van der Waals surface area (Å²) in [4.78, 5) is 24.6. The largest absolute Gasteiger partial charge is 0.548 e. The molecule has 1 N–H and O–H groups in total. The first-order valence-corrected chi connectivity index (χ1v) is 8.51. The summed E-state index contributed by atoms with van der Waals surface area (Å²) in [5.74, 6) is -1.56. The van der Waals surface area contributed by atoms with Gasteiger partial charge in [0.2, 0.25) is 0 Å². The number of allylic oxidation sites excluding steroid dienone is 2. The van der Waals surface area contributed by atoms with E-state index in [1.165, 1.54) is 0 Å². The highest BCUT2D eigenvalue weighted by Gasteiger charge is 2.39. The van der Waals surface area contributed by atoms with Gasteiger partial charge in [-0.25, -0.2) is 0 Å². The summed E-state index contributed by atoms with van der Waals surface area (Å²) in [5, 5.41) is 15.1. The highest BCUT2D eigenvalue weighted by molar-refractivity contribution is 6.31. The first-order chi connectivity index (χ1) is 12.1. The first-order valence-electron chi connectivity index (χ1n) is 8.13. The molecule has 5 heteroatoms. The van der Waals surface area contributed by atoms with Crippen LogP contribution in [0.3, 0.4) is 0 Å². The van der Waals surface area contributed by atoms with Crippen LogP contribution >= 0.6 is 11.6 Å². The van der Waals surface area contributed by atoms with Gasteiger partial charge in [0.25, 0.3) is 0 Å². The standard InChI is InChI=1S/C20H16ClNO3/c21-12-9-15-13-7-4-8-14(13)18(20(24)25)22-17(15)16(10-12)19(23)11-5-2-1-3-6-11/h1-7,9-10,13-14,18,22H,8H2,(H,24,25)/p-1/t13-,14-,18+/m0/s1. The number of aliphatic carboxylic acids is 1. The van der Waals surface area contributed by atoms with Gasteiger partial charge >= 0.3 is 0 Å². The van der Waals surface area contributed by atoms with E-state index in [0.717, 1.165) is 5.56 Å². The highest BCUT2D eigenvalue weighted by Crippen LogP contribution is 2.46. The molecule has 0 fully saturated rings. The smallest absolute Gasteiger partial charge is 0.195 e. The number of hydrogen-bond donors (Lipinski definition) is 1. The number of fused-ring (bicyclic) bond motifs is 3. The van der Waals surface area contributed by atoms with Gasteiger partial charge in [0, 0.05) is 27.8 Å². The van der Waals surface area contributed by atoms with Crippen LogP contribution in [0.4, 0.5) is 5.69 Å². The Morgan fingerprint density at radius 2 is 1.92 bits per heavy atom. The average Bonchev–Trinajstić information content (AvgIpc) is 3.10. The van der Waals surface area contributed by atoms with Crippen LogP contribution in [-0.4, -0.2) is 17.8 Å². The molecule has 0 saturated heterocycles. The van der Waals surface area contributed by atoms with E-state index in [0.29, 0.717) is 28.3 Å². The zero-order chi connectivity index (χ0) is 17.6. The lowest BCUT2D eigenvalue weighted by atomic mass is 9.78. The Morgan fingerprint density at radius 1 is 1.16 bits per heavy atom. The second-order valence-corrected chi connectivity index (χ2v) is 6.84. The van der Waals surface area contributed by atoms with Gasteiger partial charge in [0.1, 0.15) is 0 Å². The topological polar surface area (TPSA) is 69.2 Å². The third-order valence-corrected chi connectivity index (χ3v) is 5.19. The van der Waals surface area contributed by atoms with Crippen molar-refractivity contribution in [1.82, 2.24) is 0 Å². The summed E-state index contributed by atoms with van der Waals surface area (Å²) in [6, 6.07) is 11.4. The molecule has 0 amide bonds. The number of anilines is 1. The quantitative estimate of drug-likeness (QED) is 0.681. The molecule has 0 bridgehead atoms. The number of nitrogens with one attached hydrogen (secondary N) is 1. The maximum atomic E-state index is 13.0. The summed E-state index contributed by atoms with van der Waals surface area (Å²) in [7, 11) is 0. The molecule has 0 radical (unpaired) electrons. The van der Waals surface area contributed by atoms with Gasteiger partial charge in [0.05, 0.1) is 12.0 Å². The monoisotopic (exact) mass is 352 g/mol. The zero-order valence-electron chi connectivity index (χ0n) is 13.2. The van der Waals surface area contributed by atoms with E-state index in [2.05, 4.69) is 5.32 Å². The summed E-state index contributed by atoms with van der Waals surface area (Å²) in [5.41, 5.74) is 2.32. The normalized spacial score (nSPS) is 23.5. The fourth-order valence-corrected chi connectivity index (χ4v) is 4.05. The molecule has 1 heterocycles. The second kappa shape index (κ2) is 6.05. The van der Waals surface area contributed by atoms with E-state index in [1.807, 2.05) is 24.3 Å². The Morgan fingerprint density at radius 3 is 2.64 bits per heavy atom. The lowest BCUT2D eigenvalue weighted by molar-refractivity contribution is -0.308. The van der Waals surface area contributed by atoms with Crippen molar-refractivity contribution in [3.05, 3.63) is 76.3 Å². The molecule has 2 aromatic carbocycles. The number of hydrogen-bond acceptors (Lipinski definition) is 4. The summed E-state index contributed by atoms with van der Waals surface area (Å²) in [6.07, 6.45) is 4.62. The lowest BCUT2D eigenvalue weighted by Crippen LogP contribution is -2.49. The van der Waals surface area contributed by atoms with Crippen molar-refractivity contribution in [2.24, 2.45) is 5.92 Å². The molecule has 1 aliphatic heterocycles.